The average Bonchev–Trinajstić information content (AvgIpc) is 2.96. The Labute approximate surface area is 155 Å². The number of amides is 2. The number of thioether (sulfide) groups is 1. The Morgan fingerprint density at radius 3 is 2.96 bits per heavy atom. The molecule has 25 heavy (non-hydrogen) atoms. The molecule has 0 radical (unpaired) electrons. The molecule has 3 rings (SSSR count). The highest BCUT2D eigenvalue weighted by Gasteiger charge is 2.23. The van der Waals surface area contributed by atoms with E-state index in [1.54, 1.807) is 17.7 Å². The number of carbonyl (C=O) groups excluding carboxylic acids is 2. The van der Waals surface area contributed by atoms with Gasteiger partial charge >= 0.3 is 0 Å². The fourth-order valence-corrected chi connectivity index (χ4v) is 5.25. The first-order chi connectivity index (χ1) is 12.1. The van der Waals surface area contributed by atoms with Gasteiger partial charge in [-0.25, -0.2) is 9.97 Å². The summed E-state index contributed by atoms with van der Waals surface area (Å²) < 4.78 is 0. The molecule has 0 unspecified atom stereocenters. The van der Waals surface area contributed by atoms with Crippen LogP contribution in [0.5, 0.6) is 0 Å². The zero-order valence-corrected chi connectivity index (χ0v) is 16.1. The molecular formula is C17H22N4O2S2. The Bertz CT molecular complexity index is 790. The highest BCUT2D eigenvalue weighted by Crippen LogP contribution is 2.40. The SMILES string of the molecule is CCNC(=O)CNC(=O)CSc1ncnc2sc3c(c12)CC[C@@H](C)C3. The van der Waals surface area contributed by atoms with Gasteiger partial charge < -0.3 is 10.6 Å². The second-order valence-electron chi connectivity index (χ2n) is 6.23. The molecule has 2 aromatic rings. The standard InChI is InChI=1S/C17H22N4O2S2/c1-3-18-13(22)7-19-14(23)8-24-16-15-11-5-4-10(2)6-12(11)25-17(15)21-9-20-16/h9-10H,3-8H2,1-2H3,(H,18,22)(H,19,23)/t10-/m1/s1. The van der Waals surface area contributed by atoms with Crippen LogP contribution in [0.25, 0.3) is 10.2 Å². The lowest BCUT2D eigenvalue weighted by molar-refractivity contribution is -0.124. The maximum atomic E-state index is 12.0. The summed E-state index contributed by atoms with van der Waals surface area (Å²) >= 11 is 3.17. The van der Waals surface area contributed by atoms with Crippen LogP contribution in [0.4, 0.5) is 0 Å². The van der Waals surface area contributed by atoms with Gasteiger partial charge in [0.25, 0.3) is 0 Å². The van der Waals surface area contributed by atoms with Gasteiger partial charge in [0, 0.05) is 16.8 Å². The lowest BCUT2D eigenvalue weighted by atomic mass is 9.89. The van der Waals surface area contributed by atoms with Crippen molar-refractivity contribution >= 4 is 45.1 Å². The van der Waals surface area contributed by atoms with Crippen molar-refractivity contribution in [1.29, 1.82) is 0 Å². The van der Waals surface area contributed by atoms with Crippen LogP contribution >= 0.6 is 23.1 Å². The fraction of sp³-hybridized carbons (Fsp3) is 0.529. The first-order valence-electron chi connectivity index (χ1n) is 8.50. The number of nitrogens with zero attached hydrogens (tertiary/aromatic N) is 2. The van der Waals surface area contributed by atoms with Gasteiger partial charge in [-0.15, -0.1) is 11.3 Å². The first kappa shape index (κ1) is 18.1. The normalized spacial score (nSPS) is 16.5. The molecular weight excluding hydrogens is 356 g/mol. The van der Waals surface area contributed by atoms with Crippen molar-refractivity contribution in [3.63, 3.8) is 0 Å². The average molecular weight is 379 g/mol. The number of rotatable bonds is 6. The minimum Gasteiger partial charge on any atom is -0.355 e. The summed E-state index contributed by atoms with van der Waals surface area (Å²) in [4.78, 5) is 34.6. The number of aromatic nitrogens is 2. The van der Waals surface area contributed by atoms with Crippen LogP contribution in [-0.4, -0.2) is 40.6 Å². The van der Waals surface area contributed by atoms with E-state index < -0.39 is 0 Å². The number of likely N-dealkylation sites (N-methyl/N-ethyl adjacent to an activating group) is 1. The van der Waals surface area contributed by atoms with Crippen LogP contribution in [0.1, 0.15) is 30.7 Å². The van der Waals surface area contributed by atoms with Crippen molar-refractivity contribution < 1.29 is 9.59 Å². The molecule has 134 valence electrons. The van der Waals surface area contributed by atoms with Crippen LogP contribution < -0.4 is 10.6 Å². The van der Waals surface area contributed by atoms with E-state index >= 15 is 0 Å². The van der Waals surface area contributed by atoms with Crippen LogP contribution in [0.15, 0.2) is 11.4 Å². The van der Waals surface area contributed by atoms with Crippen molar-refractivity contribution in [3.8, 4) is 0 Å². The smallest absolute Gasteiger partial charge is 0.239 e. The van der Waals surface area contributed by atoms with Crippen LogP contribution in [0.3, 0.4) is 0 Å². The molecule has 0 saturated heterocycles. The third-order valence-corrected chi connectivity index (χ3v) is 6.37. The van der Waals surface area contributed by atoms with E-state index in [1.807, 2.05) is 6.92 Å². The van der Waals surface area contributed by atoms with Gasteiger partial charge in [-0.1, -0.05) is 18.7 Å². The number of carbonyl (C=O) groups is 2. The van der Waals surface area contributed by atoms with Gasteiger partial charge in [0.1, 0.15) is 16.2 Å². The maximum Gasteiger partial charge on any atom is 0.239 e. The van der Waals surface area contributed by atoms with E-state index in [2.05, 4.69) is 27.5 Å². The minimum absolute atomic E-state index is 0.0121. The summed E-state index contributed by atoms with van der Waals surface area (Å²) in [5.41, 5.74) is 1.36. The molecule has 1 aliphatic carbocycles. The monoisotopic (exact) mass is 378 g/mol. The zero-order chi connectivity index (χ0) is 17.8. The summed E-state index contributed by atoms with van der Waals surface area (Å²) in [6.45, 7) is 4.70. The Balaban J connectivity index is 1.68. The van der Waals surface area contributed by atoms with Crippen molar-refractivity contribution in [2.75, 3.05) is 18.8 Å². The second kappa shape index (κ2) is 8.14. The topological polar surface area (TPSA) is 84.0 Å². The summed E-state index contributed by atoms with van der Waals surface area (Å²) in [5.74, 6) is 0.615. The largest absolute Gasteiger partial charge is 0.355 e. The van der Waals surface area contributed by atoms with Gasteiger partial charge in [0.2, 0.25) is 11.8 Å². The Kier molecular flexibility index (Phi) is 5.90. The number of fused-ring (bicyclic) bond motifs is 3. The second-order valence-corrected chi connectivity index (χ2v) is 8.28. The number of thiophene rings is 1. The van der Waals surface area contributed by atoms with Gasteiger partial charge in [-0.2, -0.15) is 0 Å². The number of hydrogen-bond donors (Lipinski definition) is 2. The molecule has 6 nitrogen and oxygen atoms in total. The van der Waals surface area contributed by atoms with Gasteiger partial charge in [-0.05, 0) is 37.7 Å². The van der Waals surface area contributed by atoms with Crippen LogP contribution in [0.2, 0.25) is 0 Å². The molecule has 0 bridgehead atoms. The molecule has 2 amide bonds. The molecule has 0 fully saturated rings. The van der Waals surface area contributed by atoms with Crippen molar-refractivity contribution in [2.45, 2.75) is 38.1 Å². The highest BCUT2D eigenvalue weighted by molar-refractivity contribution is 8.00. The Morgan fingerprint density at radius 2 is 2.16 bits per heavy atom. The van der Waals surface area contributed by atoms with E-state index in [-0.39, 0.29) is 24.1 Å². The molecule has 2 aromatic heterocycles. The number of aryl methyl sites for hydroxylation is 1. The molecule has 1 aliphatic rings. The van der Waals surface area contributed by atoms with Gasteiger partial charge in [0.05, 0.1) is 12.3 Å². The molecule has 2 heterocycles. The molecule has 0 saturated carbocycles. The fourth-order valence-electron chi connectivity index (χ4n) is 2.98. The third kappa shape index (κ3) is 4.30. The van der Waals surface area contributed by atoms with Gasteiger partial charge in [0.15, 0.2) is 0 Å². The Hall–Kier alpha value is -1.67. The lowest BCUT2D eigenvalue weighted by Crippen LogP contribution is -2.37. The zero-order valence-electron chi connectivity index (χ0n) is 14.4. The summed E-state index contributed by atoms with van der Waals surface area (Å²) in [5, 5.41) is 7.28. The quantitative estimate of drug-likeness (QED) is 0.594. The summed E-state index contributed by atoms with van der Waals surface area (Å²) in [6.07, 6.45) is 4.92. The van der Waals surface area contributed by atoms with Crippen molar-refractivity contribution in [1.82, 2.24) is 20.6 Å². The van der Waals surface area contributed by atoms with E-state index in [0.29, 0.717) is 12.5 Å². The molecule has 2 N–H and O–H groups in total. The number of hydrogen-bond acceptors (Lipinski definition) is 6. The Morgan fingerprint density at radius 1 is 1.32 bits per heavy atom. The molecule has 0 aliphatic heterocycles. The predicted octanol–water partition coefficient (Wildman–Crippen LogP) is 2.16. The highest BCUT2D eigenvalue weighted by atomic mass is 32.2. The van der Waals surface area contributed by atoms with Crippen molar-refractivity contribution in [3.05, 3.63) is 16.8 Å². The first-order valence-corrected chi connectivity index (χ1v) is 10.3. The minimum atomic E-state index is -0.175. The van der Waals surface area contributed by atoms with E-state index in [9.17, 15) is 9.59 Å². The maximum absolute atomic E-state index is 12.0. The van der Waals surface area contributed by atoms with Crippen LogP contribution in [-0.2, 0) is 22.4 Å². The van der Waals surface area contributed by atoms with E-state index in [1.165, 1.54) is 28.6 Å². The lowest BCUT2D eigenvalue weighted by Gasteiger charge is -2.18. The van der Waals surface area contributed by atoms with Crippen molar-refractivity contribution in [2.24, 2.45) is 5.92 Å². The molecule has 8 heteroatoms. The molecule has 0 spiro atoms. The molecule has 1 atom stereocenters. The predicted molar refractivity (Wildman–Crippen MR) is 101 cm³/mol. The molecule has 0 aromatic carbocycles. The van der Waals surface area contributed by atoms with E-state index in [4.69, 9.17) is 0 Å². The summed E-state index contributed by atoms with van der Waals surface area (Å²) in [7, 11) is 0. The summed E-state index contributed by atoms with van der Waals surface area (Å²) in [6, 6.07) is 0. The van der Waals surface area contributed by atoms with Gasteiger partial charge in [-0.3, -0.25) is 9.59 Å². The number of nitrogens with one attached hydrogen (secondary N) is 2. The van der Waals surface area contributed by atoms with Crippen LogP contribution in [0, 0.1) is 5.92 Å². The third-order valence-electron chi connectivity index (χ3n) is 4.22. The van der Waals surface area contributed by atoms with E-state index in [0.717, 1.165) is 28.1 Å².